The molecule has 0 aromatic heterocycles. The fourth-order valence-electron chi connectivity index (χ4n) is 2.00. The zero-order valence-electron chi connectivity index (χ0n) is 10.1. The lowest BCUT2D eigenvalue weighted by Crippen LogP contribution is -2.43. The molecule has 0 aliphatic carbocycles. The van der Waals surface area contributed by atoms with Crippen molar-refractivity contribution in [2.45, 2.75) is 51.0 Å². The van der Waals surface area contributed by atoms with Crippen LogP contribution in [0.4, 0.5) is 0 Å². The normalized spacial score (nSPS) is 26.0. The maximum atomic E-state index is 5.44. The number of nitrogens with one attached hydrogen (secondary N) is 1. The molecule has 1 unspecified atom stereocenters. The van der Waals surface area contributed by atoms with Gasteiger partial charge in [0.25, 0.3) is 0 Å². The Hall–Kier alpha value is -0.120. The molecule has 3 heteroatoms. The first-order valence-electron chi connectivity index (χ1n) is 6.30. The van der Waals surface area contributed by atoms with E-state index in [0.717, 1.165) is 32.7 Å². The fraction of sp³-hybridized carbons (Fsp3) is 1.00. The summed E-state index contributed by atoms with van der Waals surface area (Å²) < 4.78 is 5.39. The highest BCUT2D eigenvalue weighted by Crippen LogP contribution is 2.17. The van der Waals surface area contributed by atoms with Crippen molar-refractivity contribution in [3.63, 3.8) is 0 Å². The van der Waals surface area contributed by atoms with Crippen molar-refractivity contribution < 1.29 is 4.74 Å². The van der Waals surface area contributed by atoms with Crippen LogP contribution in [-0.4, -0.2) is 31.8 Å². The average molecular weight is 214 g/mol. The van der Waals surface area contributed by atoms with Crippen LogP contribution in [0.3, 0.4) is 0 Å². The van der Waals surface area contributed by atoms with Crippen LogP contribution >= 0.6 is 0 Å². The predicted octanol–water partition coefficient (Wildman–Crippen LogP) is 1.66. The van der Waals surface area contributed by atoms with E-state index in [1.54, 1.807) is 0 Å². The molecule has 1 fully saturated rings. The molecule has 15 heavy (non-hydrogen) atoms. The first-order valence-corrected chi connectivity index (χ1v) is 6.30. The summed E-state index contributed by atoms with van der Waals surface area (Å²) in [5, 5.41) is 3.60. The Bertz CT molecular complexity index is 156. The largest absolute Gasteiger partial charge is 0.379 e. The van der Waals surface area contributed by atoms with Gasteiger partial charge in [0.15, 0.2) is 0 Å². The molecule has 3 N–H and O–H groups in total. The molecule has 0 radical (unpaired) electrons. The van der Waals surface area contributed by atoms with E-state index in [4.69, 9.17) is 10.5 Å². The van der Waals surface area contributed by atoms with E-state index in [9.17, 15) is 0 Å². The van der Waals surface area contributed by atoms with Crippen molar-refractivity contribution in [2.24, 2.45) is 5.73 Å². The third kappa shape index (κ3) is 5.50. The van der Waals surface area contributed by atoms with Crippen LogP contribution in [0.2, 0.25) is 0 Å². The molecule has 1 saturated heterocycles. The molecular formula is C12H26N2O. The Morgan fingerprint density at radius 2 is 1.93 bits per heavy atom. The van der Waals surface area contributed by atoms with Crippen LogP contribution in [0.5, 0.6) is 0 Å². The number of hydrogen-bond donors (Lipinski definition) is 2. The Balaban J connectivity index is 1.88. The maximum Gasteiger partial charge on any atom is 0.0646 e. The second-order valence-corrected chi connectivity index (χ2v) is 4.85. The van der Waals surface area contributed by atoms with Gasteiger partial charge in [0.1, 0.15) is 0 Å². The summed E-state index contributed by atoms with van der Waals surface area (Å²) in [5.74, 6) is 0. The third-order valence-corrected chi connectivity index (χ3v) is 3.15. The van der Waals surface area contributed by atoms with Gasteiger partial charge in [-0.3, -0.25) is 0 Å². The summed E-state index contributed by atoms with van der Waals surface area (Å²) in [4.78, 5) is 0. The van der Waals surface area contributed by atoms with Gasteiger partial charge in [-0.1, -0.05) is 19.3 Å². The average Bonchev–Trinajstić information content (AvgIpc) is 2.64. The maximum absolute atomic E-state index is 5.44. The van der Waals surface area contributed by atoms with Crippen molar-refractivity contribution in [3.05, 3.63) is 0 Å². The molecule has 90 valence electrons. The third-order valence-electron chi connectivity index (χ3n) is 3.15. The van der Waals surface area contributed by atoms with Gasteiger partial charge in [-0.15, -0.1) is 0 Å². The van der Waals surface area contributed by atoms with Crippen LogP contribution in [0.1, 0.15) is 45.4 Å². The summed E-state index contributed by atoms with van der Waals surface area (Å²) in [6, 6.07) is 0. The van der Waals surface area contributed by atoms with Crippen molar-refractivity contribution in [1.29, 1.82) is 0 Å². The lowest BCUT2D eigenvalue weighted by atomic mass is 10.0. The lowest BCUT2D eigenvalue weighted by molar-refractivity contribution is 0.171. The second kappa shape index (κ2) is 7.20. The van der Waals surface area contributed by atoms with E-state index in [0.29, 0.717) is 0 Å². The van der Waals surface area contributed by atoms with Crippen LogP contribution in [0.15, 0.2) is 0 Å². The van der Waals surface area contributed by atoms with Crippen LogP contribution in [0, 0.1) is 0 Å². The molecule has 0 aromatic rings. The Kier molecular flexibility index (Phi) is 6.22. The van der Waals surface area contributed by atoms with E-state index in [1.165, 1.54) is 32.1 Å². The van der Waals surface area contributed by atoms with Gasteiger partial charge in [0, 0.05) is 12.1 Å². The van der Waals surface area contributed by atoms with Gasteiger partial charge in [-0.2, -0.15) is 0 Å². The monoisotopic (exact) mass is 214 g/mol. The van der Waals surface area contributed by atoms with E-state index in [-0.39, 0.29) is 5.54 Å². The molecule has 1 aliphatic rings. The number of hydrogen-bond acceptors (Lipinski definition) is 3. The molecule has 0 amide bonds. The molecule has 0 spiro atoms. The zero-order chi connectivity index (χ0) is 11.0. The topological polar surface area (TPSA) is 47.3 Å². The minimum atomic E-state index is 0.247. The molecule has 1 atom stereocenters. The minimum absolute atomic E-state index is 0.247. The second-order valence-electron chi connectivity index (χ2n) is 4.85. The standard InChI is InChI=1S/C12H26N2O/c1-12(7-10-15-11-12)14-9-6-4-2-3-5-8-13/h14H,2-11,13H2,1H3. The molecular weight excluding hydrogens is 188 g/mol. The minimum Gasteiger partial charge on any atom is -0.379 e. The summed E-state index contributed by atoms with van der Waals surface area (Å²) in [6.07, 6.45) is 7.55. The lowest BCUT2D eigenvalue weighted by Gasteiger charge is -2.23. The van der Waals surface area contributed by atoms with Crippen LogP contribution in [0.25, 0.3) is 0 Å². The van der Waals surface area contributed by atoms with Gasteiger partial charge in [0.2, 0.25) is 0 Å². The van der Waals surface area contributed by atoms with Crippen LogP contribution in [-0.2, 0) is 4.74 Å². The van der Waals surface area contributed by atoms with Crippen molar-refractivity contribution in [1.82, 2.24) is 5.32 Å². The zero-order valence-corrected chi connectivity index (χ0v) is 10.1. The van der Waals surface area contributed by atoms with E-state index < -0.39 is 0 Å². The molecule has 0 saturated carbocycles. The van der Waals surface area contributed by atoms with E-state index in [1.807, 2.05) is 0 Å². The summed E-state index contributed by atoms with van der Waals surface area (Å²) in [5.41, 5.74) is 5.69. The van der Waals surface area contributed by atoms with Gasteiger partial charge in [-0.25, -0.2) is 0 Å². The predicted molar refractivity (Wildman–Crippen MR) is 64.0 cm³/mol. The highest BCUT2D eigenvalue weighted by atomic mass is 16.5. The quantitative estimate of drug-likeness (QED) is 0.604. The molecule has 0 bridgehead atoms. The number of nitrogens with two attached hydrogens (primary N) is 1. The van der Waals surface area contributed by atoms with Crippen molar-refractivity contribution >= 4 is 0 Å². The number of ether oxygens (including phenoxy) is 1. The summed E-state index contributed by atoms with van der Waals surface area (Å²) in [7, 11) is 0. The van der Waals surface area contributed by atoms with Gasteiger partial charge < -0.3 is 15.8 Å². The molecule has 1 heterocycles. The van der Waals surface area contributed by atoms with Crippen LogP contribution < -0.4 is 11.1 Å². The first kappa shape index (κ1) is 12.9. The van der Waals surface area contributed by atoms with E-state index >= 15 is 0 Å². The summed E-state index contributed by atoms with van der Waals surface area (Å²) in [6.45, 7) is 6.02. The number of rotatable bonds is 8. The number of unbranched alkanes of at least 4 members (excludes halogenated alkanes) is 4. The smallest absolute Gasteiger partial charge is 0.0646 e. The Labute approximate surface area is 93.8 Å². The molecule has 1 rings (SSSR count). The Morgan fingerprint density at radius 1 is 1.20 bits per heavy atom. The summed E-state index contributed by atoms with van der Waals surface area (Å²) >= 11 is 0. The van der Waals surface area contributed by atoms with Gasteiger partial charge in [0.05, 0.1) is 6.61 Å². The first-order chi connectivity index (χ1) is 7.27. The van der Waals surface area contributed by atoms with Gasteiger partial charge >= 0.3 is 0 Å². The molecule has 3 nitrogen and oxygen atoms in total. The Morgan fingerprint density at radius 3 is 2.60 bits per heavy atom. The fourth-order valence-corrected chi connectivity index (χ4v) is 2.00. The SMILES string of the molecule is CC1(NCCCCCCCN)CCOC1. The van der Waals surface area contributed by atoms with Crippen molar-refractivity contribution in [2.75, 3.05) is 26.3 Å². The highest BCUT2D eigenvalue weighted by Gasteiger charge is 2.28. The highest BCUT2D eigenvalue weighted by molar-refractivity contribution is 4.86. The van der Waals surface area contributed by atoms with Gasteiger partial charge in [-0.05, 0) is 39.3 Å². The van der Waals surface area contributed by atoms with E-state index in [2.05, 4.69) is 12.2 Å². The van der Waals surface area contributed by atoms with Crippen molar-refractivity contribution in [3.8, 4) is 0 Å². The molecule has 0 aromatic carbocycles. The molecule has 1 aliphatic heterocycles.